The number of phenols is 1. The first-order valence-corrected chi connectivity index (χ1v) is 11.3. The summed E-state index contributed by atoms with van der Waals surface area (Å²) in [4.78, 5) is 13.6. The maximum Gasteiger partial charge on any atom is 0.200 e. The Bertz CT molecular complexity index is 1180. The molecule has 4 rings (SSSR count). The summed E-state index contributed by atoms with van der Waals surface area (Å²) in [6.45, 7) is 10.6. The summed E-state index contributed by atoms with van der Waals surface area (Å²) in [6, 6.07) is 17.6. The van der Waals surface area contributed by atoms with Crippen molar-refractivity contribution in [1.29, 1.82) is 0 Å². The van der Waals surface area contributed by atoms with E-state index in [2.05, 4.69) is 50.1 Å². The van der Waals surface area contributed by atoms with Gasteiger partial charge in [0.05, 0.1) is 16.8 Å². The minimum absolute atomic E-state index is 0.0206. The number of hydrogen-bond acceptors (Lipinski definition) is 4. The lowest BCUT2D eigenvalue weighted by Gasteiger charge is -2.27. The minimum atomic E-state index is -0.199. The van der Waals surface area contributed by atoms with E-state index in [-0.39, 0.29) is 17.6 Å². The second kappa shape index (κ2) is 8.91. The Labute approximate surface area is 190 Å². The molecule has 0 heterocycles. The number of phenolic OH excluding ortho intramolecular Hbond substituents is 1. The van der Waals surface area contributed by atoms with Crippen LogP contribution in [0, 0.1) is 0 Å². The lowest BCUT2D eigenvalue weighted by Crippen LogP contribution is -2.20. The third-order valence-corrected chi connectivity index (χ3v) is 5.82. The molecule has 0 aromatic heterocycles. The number of benzene rings is 3. The molecule has 4 nitrogen and oxygen atoms in total. The molecular weight excluding hydrogens is 396 g/mol. The summed E-state index contributed by atoms with van der Waals surface area (Å²) in [5.74, 6) is -0.220. The van der Waals surface area contributed by atoms with E-state index in [1.54, 1.807) is 12.1 Å². The van der Waals surface area contributed by atoms with Crippen LogP contribution in [0.1, 0.15) is 66.2 Å². The number of fused-ring (bicyclic) bond motifs is 2. The topological polar surface area (TPSA) is 61.4 Å². The van der Waals surface area contributed by atoms with Crippen LogP contribution < -0.4 is 10.6 Å². The molecule has 0 atom stereocenters. The zero-order valence-electron chi connectivity index (χ0n) is 19.0. The molecule has 0 spiro atoms. The number of unbranched alkanes of at least 4 members (excludes halogenated alkanes) is 1. The van der Waals surface area contributed by atoms with Gasteiger partial charge in [0.25, 0.3) is 0 Å². The maximum atomic E-state index is 13.6. The monoisotopic (exact) mass is 426 g/mol. The molecule has 3 N–H and O–H groups in total. The van der Waals surface area contributed by atoms with Crippen molar-refractivity contribution in [2.24, 2.45) is 0 Å². The summed E-state index contributed by atoms with van der Waals surface area (Å²) in [6.07, 6.45) is 3.41. The van der Waals surface area contributed by atoms with Crippen LogP contribution in [0.4, 0.5) is 17.1 Å². The van der Waals surface area contributed by atoms with E-state index in [4.69, 9.17) is 0 Å². The van der Waals surface area contributed by atoms with Crippen LogP contribution in [0.3, 0.4) is 0 Å². The van der Waals surface area contributed by atoms with Gasteiger partial charge in [0.2, 0.25) is 0 Å². The minimum Gasteiger partial charge on any atom is -0.507 e. The maximum absolute atomic E-state index is 13.6. The van der Waals surface area contributed by atoms with Gasteiger partial charge in [-0.3, -0.25) is 4.79 Å². The Hall–Kier alpha value is -3.53. The predicted octanol–water partition coefficient (Wildman–Crippen LogP) is 6.90. The number of carbonyl (C=O) groups excluding carboxylic acids is 1. The van der Waals surface area contributed by atoms with Crippen molar-refractivity contribution in [3.05, 3.63) is 89.0 Å². The largest absolute Gasteiger partial charge is 0.507 e. The Balaban J connectivity index is 1.79. The first-order chi connectivity index (χ1) is 15.4. The number of hydrogen-bond donors (Lipinski definition) is 3. The smallest absolute Gasteiger partial charge is 0.200 e. The molecule has 3 aromatic rings. The van der Waals surface area contributed by atoms with Gasteiger partial charge >= 0.3 is 0 Å². The van der Waals surface area contributed by atoms with Crippen LogP contribution in [0.15, 0.2) is 61.2 Å². The van der Waals surface area contributed by atoms with E-state index in [0.717, 1.165) is 28.9 Å². The Morgan fingerprint density at radius 3 is 2.34 bits per heavy atom. The lowest BCUT2D eigenvalue weighted by molar-refractivity contribution is 0.103. The first-order valence-electron chi connectivity index (χ1n) is 11.3. The molecule has 0 saturated carbocycles. The summed E-state index contributed by atoms with van der Waals surface area (Å²) in [5, 5.41) is 17.3. The molecule has 4 heteroatoms. The fourth-order valence-corrected chi connectivity index (χ4v) is 4.27. The summed E-state index contributed by atoms with van der Waals surface area (Å²) < 4.78 is 0. The van der Waals surface area contributed by atoms with Gasteiger partial charge in [0.15, 0.2) is 5.78 Å². The highest BCUT2D eigenvalue weighted by atomic mass is 16.3. The van der Waals surface area contributed by atoms with E-state index in [1.807, 2.05) is 30.3 Å². The number of anilines is 3. The molecule has 3 aromatic carbocycles. The van der Waals surface area contributed by atoms with Crippen molar-refractivity contribution >= 4 is 28.4 Å². The SMILES string of the molecule is C=C1c2cccc(O)c2C(=O)c2c(Nc3ccc(CCCC)cc3)ccc(NC(C)C)c21. The molecule has 0 bridgehead atoms. The molecule has 0 amide bonds. The summed E-state index contributed by atoms with van der Waals surface area (Å²) in [7, 11) is 0. The van der Waals surface area contributed by atoms with E-state index in [9.17, 15) is 9.90 Å². The fourth-order valence-electron chi connectivity index (χ4n) is 4.27. The van der Waals surface area contributed by atoms with Crippen molar-refractivity contribution in [3.63, 3.8) is 0 Å². The quantitative estimate of drug-likeness (QED) is 0.301. The molecule has 0 radical (unpaired) electrons. The van der Waals surface area contributed by atoms with Crippen LogP contribution in [0.2, 0.25) is 0 Å². The highest BCUT2D eigenvalue weighted by molar-refractivity contribution is 6.24. The van der Waals surface area contributed by atoms with Gasteiger partial charge in [-0.05, 0) is 73.7 Å². The highest BCUT2D eigenvalue weighted by Gasteiger charge is 2.32. The van der Waals surface area contributed by atoms with Crippen LogP contribution in [-0.2, 0) is 6.42 Å². The molecule has 32 heavy (non-hydrogen) atoms. The van der Waals surface area contributed by atoms with E-state index < -0.39 is 0 Å². The van der Waals surface area contributed by atoms with Gasteiger partial charge < -0.3 is 15.7 Å². The number of aromatic hydroxyl groups is 1. The average Bonchev–Trinajstić information content (AvgIpc) is 2.77. The molecule has 0 fully saturated rings. The second-order valence-corrected chi connectivity index (χ2v) is 8.64. The van der Waals surface area contributed by atoms with Crippen molar-refractivity contribution in [3.8, 4) is 5.75 Å². The van der Waals surface area contributed by atoms with Crippen molar-refractivity contribution < 1.29 is 9.90 Å². The van der Waals surface area contributed by atoms with Gasteiger partial charge in [-0.2, -0.15) is 0 Å². The summed E-state index contributed by atoms with van der Waals surface area (Å²) in [5.41, 5.74) is 6.82. The molecule has 0 unspecified atom stereocenters. The fraction of sp³-hybridized carbons (Fsp3) is 0.250. The van der Waals surface area contributed by atoms with Crippen molar-refractivity contribution in [2.45, 2.75) is 46.1 Å². The lowest BCUT2D eigenvalue weighted by atomic mass is 9.79. The van der Waals surface area contributed by atoms with Crippen molar-refractivity contribution in [2.75, 3.05) is 10.6 Å². The zero-order valence-corrected chi connectivity index (χ0v) is 19.0. The van der Waals surface area contributed by atoms with Crippen LogP contribution in [-0.4, -0.2) is 16.9 Å². The zero-order chi connectivity index (χ0) is 22.8. The third-order valence-electron chi connectivity index (χ3n) is 5.82. The van der Waals surface area contributed by atoms with Crippen LogP contribution >= 0.6 is 0 Å². The Morgan fingerprint density at radius 2 is 1.66 bits per heavy atom. The molecule has 0 saturated heterocycles. The number of nitrogens with one attached hydrogen (secondary N) is 2. The average molecular weight is 427 g/mol. The molecule has 0 aliphatic heterocycles. The second-order valence-electron chi connectivity index (χ2n) is 8.64. The van der Waals surface area contributed by atoms with Crippen LogP contribution in [0.25, 0.3) is 5.57 Å². The number of ketones is 1. The molecule has 1 aliphatic rings. The highest BCUT2D eigenvalue weighted by Crippen LogP contribution is 2.45. The molecule has 164 valence electrons. The van der Waals surface area contributed by atoms with Gasteiger partial charge in [-0.25, -0.2) is 0 Å². The van der Waals surface area contributed by atoms with E-state index in [1.165, 1.54) is 18.4 Å². The van der Waals surface area contributed by atoms with Gasteiger partial charge in [-0.1, -0.05) is 44.2 Å². The number of aryl methyl sites for hydroxylation is 1. The van der Waals surface area contributed by atoms with Gasteiger partial charge in [-0.15, -0.1) is 0 Å². The number of rotatable bonds is 7. The van der Waals surface area contributed by atoms with Crippen LogP contribution in [0.5, 0.6) is 5.75 Å². The first kappa shape index (κ1) is 21.7. The van der Waals surface area contributed by atoms with Crippen molar-refractivity contribution in [1.82, 2.24) is 0 Å². The predicted molar refractivity (Wildman–Crippen MR) is 133 cm³/mol. The Kier molecular flexibility index (Phi) is 6.04. The normalized spacial score (nSPS) is 12.5. The molecule has 1 aliphatic carbocycles. The van der Waals surface area contributed by atoms with E-state index in [0.29, 0.717) is 22.4 Å². The Morgan fingerprint density at radius 1 is 0.938 bits per heavy atom. The van der Waals surface area contributed by atoms with Gasteiger partial charge in [0.1, 0.15) is 5.75 Å². The standard InChI is InChI=1S/C28H30N2O2/c1-5-6-8-19-11-13-20(14-12-19)30-23-16-15-22(29-17(2)3)25-18(4)21-9-7-10-24(31)26(21)28(32)27(23)25/h7,9-17,29-31H,4-6,8H2,1-3H3. The third kappa shape index (κ3) is 4.01. The summed E-state index contributed by atoms with van der Waals surface area (Å²) >= 11 is 0. The number of carbonyl (C=O) groups is 1. The van der Waals surface area contributed by atoms with Gasteiger partial charge in [0, 0.05) is 23.0 Å². The van der Waals surface area contributed by atoms with E-state index >= 15 is 0 Å². The molecular formula is C28H30N2O2.